The first-order valence-electron chi connectivity index (χ1n) is 7.61. The first-order valence-corrected chi connectivity index (χ1v) is 8.05. The Bertz CT molecular complexity index is 812. The Labute approximate surface area is 152 Å². The van der Waals surface area contributed by atoms with Gasteiger partial charge >= 0.3 is 0 Å². The van der Waals surface area contributed by atoms with Gasteiger partial charge < -0.3 is 11.1 Å². The van der Waals surface area contributed by atoms with Crippen LogP contribution in [0.1, 0.15) is 5.56 Å². The zero-order valence-corrected chi connectivity index (χ0v) is 14.6. The number of aryl methyl sites for hydroxylation is 1. The number of carbonyl (C=O) groups is 1. The molecule has 0 radical (unpaired) electrons. The van der Waals surface area contributed by atoms with E-state index in [9.17, 15) is 9.18 Å². The van der Waals surface area contributed by atoms with Crippen LogP contribution in [0.4, 0.5) is 15.8 Å². The summed E-state index contributed by atoms with van der Waals surface area (Å²) >= 11 is 4.13. The predicted molar refractivity (Wildman–Crippen MR) is 104 cm³/mol. The van der Waals surface area contributed by atoms with E-state index in [0.717, 1.165) is 16.0 Å². The summed E-state index contributed by atoms with van der Waals surface area (Å²) in [5.74, 6) is -0.282. The summed E-state index contributed by atoms with van der Waals surface area (Å²) < 4.78 is 12.8. The third kappa shape index (κ3) is 5.65. The molecule has 0 spiro atoms. The molecule has 3 aromatic rings. The number of nitrogens with one attached hydrogen (secondary N) is 1. The second-order valence-electron chi connectivity index (χ2n) is 5.41. The van der Waals surface area contributed by atoms with Gasteiger partial charge in [-0.05, 0) is 54.4 Å². The van der Waals surface area contributed by atoms with Gasteiger partial charge in [0, 0.05) is 4.90 Å². The smallest absolute Gasteiger partial charge is 0.211 e. The normalized spacial score (nSPS) is 9.72. The van der Waals surface area contributed by atoms with Crippen molar-refractivity contribution in [3.8, 4) is 11.1 Å². The van der Waals surface area contributed by atoms with Crippen molar-refractivity contribution in [3.05, 3.63) is 78.1 Å². The summed E-state index contributed by atoms with van der Waals surface area (Å²) in [6.07, 6.45) is 0.570. The molecule has 0 fully saturated rings. The number of hydrogen-bond donors (Lipinski definition) is 3. The molecule has 0 aliphatic carbocycles. The summed E-state index contributed by atoms with van der Waals surface area (Å²) in [4.78, 5) is 11.4. The molecule has 3 nitrogen and oxygen atoms in total. The molecule has 5 heteroatoms. The first-order chi connectivity index (χ1) is 12.0. The maximum Gasteiger partial charge on any atom is 0.211 e. The van der Waals surface area contributed by atoms with Crippen molar-refractivity contribution in [2.45, 2.75) is 11.8 Å². The topological polar surface area (TPSA) is 55.1 Å². The standard InChI is InChI=1S/C13H11FN2O.C7H8S/c14-11-4-1-9(2-5-11)10-3-6-12(15)13(7-10)16-8-17;1-6-2-4-7(8)5-3-6/h1-8H,15H2,(H,16,17);2-5,8H,1H3. The minimum Gasteiger partial charge on any atom is -0.397 e. The van der Waals surface area contributed by atoms with Gasteiger partial charge in [0.2, 0.25) is 6.41 Å². The van der Waals surface area contributed by atoms with Gasteiger partial charge in [-0.2, -0.15) is 0 Å². The van der Waals surface area contributed by atoms with Gasteiger partial charge in [-0.3, -0.25) is 4.79 Å². The van der Waals surface area contributed by atoms with Gasteiger partial charge in [0.05, 0.1) is 11.4 Å². The Hall–Kier alpha value is -2.79. The van der Waals surface area contributed by atoms with Gasteiger partial charge in [-0.1, -0.05) is 35.9 Å². The number of halogens is 1. The van der Waals surface area contributed by atoms with Gasteiger partial charge in [-0.25, -0.2) is 4.39 Å². The van der Waals surface area contributed by atoms with Crippen LogP contribution in [0, 0.1) is 12.7 Å². The lowest BCUT2D eigenvalue weighted by Gasteiger charge is -2.07. The third-order valence-corrected chi connectivity index (χ3v) is 3.78. The van der Waals surface area contributed by atoms with E-state index >= 15 is 0 Å². The number of rotatable bonds is 3. The average molecular weight is 354 g/mol. The van der Waals surface area contributed by atoms with Crippen LogP contribution in [0.2, 0.25) is 0 Å². The zero-order chi connectivity index (χ0) is 18.2. The average Bonchev–Trinajstić information content (AvgIpc) is 2.61. The number of nitrogens with two attached hydrogens (primary N) is 1. The van der Waals surface area contributed by atoms with Crippen molar-refractivity contribution < 1.29 is 9.18 Å². The molecule has 0 bridgehead atoms. The lowest BCUT2D eigenvalue weighted by atomic mass is 10.0. The second kappa shape index (κ2) is 8.89. The highest BCUT2D eigenvalue weighted by Gasteiger charge is 2.02. The Balaban J connectivity index is 0.000000236. The predicted octanol–water partition coefficient (Wildman–Crippen LogP) is 4.93. The Morgan fingerprint density at radius 3 is 2.12 bits per heavy atom. The fraction of sp³-hybridized carbons (Fsp3) is 0.0500. The van der Waals surface area contributed by atoms with Crippen LogP contribution in [-0.2, 0) is 4.79 Å². The molecule has 0 saturated carbocycles. The van der Waals surface area contributed by atoms with E-state index in [1.807, 2.05) is 30.3 Å². The van der Waals surface area contributed by atoms with Gasteiger partial charge in [0.15, 0.2) is 0 Å². The molecule has 0 saturated heterocycles. The van der Waals surface area contributed by atoms with Crippen molar-refractivity contribution in [1.29, 1.82) is 0 Å². The number of benzene rings is 3. The molecule has 0 aliphatic heterocycles. The zero-order valence-electron chi connectivity index (χ0n) is 13.7. The molecule has 3 N–H and O–H groups in total. The summed E-state index contributed by atoms with van der Waals surface area (Å²) in [5.41, 5.74) is 9.73. The fourth-order valence-electron chi connectivity index (χ4n) is 2.11. The van der Waals surface area contributed by atoms with Crippen molar-refractivity contribution in [1.82, 2.24) is 0 Å². The van der Waals surface area contributed by atoms with Crippen LogP contribution in [0.15, 0.2) is 71.6 Å². The van der Waals surface area contributed by atoms with Crippen LogP contribution >= 0.6 is 12.6 Å². The molecule has 1 amide bonds. The van der Waals surface area contributed by atoms with Crippen LogP contribution in [0.3, 0.4) is 0 Å². The van der Waals surface area contributed by atoms with Gasteiger partial charge in [-0.15, -0.1) is 12.6 Å². The van der Waals surface area contributed by atoms with Crippen molar-refractivity contribution in [3.63, 3.8) is 0 Å². The molecule has 3 rings (SSSR count). The number of thiol groups is 1. The summed E-state index contributed by atoms with van der Waals surface area (Å²) in [7, 11) is 0. The van der Waals surface area contributed by atoms with E-state index in [4.69, 9.17) is 5.73 Å². The molecule has 3 aromatic carbocycles. The maximum absolute atomic E-state index is 12.8. The molecule has 0 unspecified atom stereocenters. The highest BCUT2D eigenvalue weighted by Crippen LogP contribution is 2.27. The highest BCUT2D eigenvalue weighted by atomic mass is 32.1. The van der Waals surface area contributed by atoms with E-state index < -0.39 is 0 Å². The monoisotopic (exact) mass is 354 g/mol. The second-order valence-corrected chi connectivity index (χ2v) is 5.92. The molecule has 0 aromatic heterocycles. The molecule has 25 heavy (non-hydrogen) atoms. The molecular weight excluding hydrogens is 335 g/mol. The number of nitrogen functional groups attached to an aromatic ring is 1. The minimum absolute atomic E-state index is 0.282. The van der Waals surface area contributed by atoms with E-state index in [-0.39, 0.29) is 5.82 Å². The molecule has 0 aliphatic rings. The Kier molecular flexibility index (Phi) is 6.60. The Morgan fingerprint density at radius 2 is 1.56 bits per heavy atom. The Morgan fingerprint density at radius 1 is 0.960 bits per heavy atom. The summed E-state index contributed by atoms with van der Waals surface area (Å²) in [6.45, 7) is 2.06. The lowest BCUT2D eigenvalue weighted by Crippen LogP contribution is -1.99. The van der Waals surface area contributed by atoms with Crippen LogP contribution in [0.5, 0.6) is 0 Å². The first kappa shape index (κ1) is 18.5. The largest absolute Gasteiger partial charge is 0.397 e. The van der Waals surface area contributed by atoms with Crippen LogP contribution < -0.4 is 11.1 Å². The number of amides is 1. The van der Waals surface area contributed by atoms with E-state index in [1.54, 1.807) is 24.3 Å². The molecule has 0 heterocycles. The van der Waals surface area contributed by atoms with Crippen molar-refractivity contribution in [2.75, 3.05) is 11.1 Å². The third-order valence-electron chi connectivity index (χ3n) is 3.48. The number of hydrogen-bond acceptors (Lipinski definition) is 3. The maximum atomic E-state index is 12.8. The van der Waals surface area contributed by atoms with E-state index in [0.29, 0.717) is 17.8 Å². The van der Waals surface area contributed by atoms with Crippen molar-refractivity contribution in [2.24, 2.45) is 0 Å². The lowest BCUT2D eigenvalue weighted by molar-refractivity contribution is -0.105. The SMILES string of the molecule is Cc1ccc(S)cc1.Nc1ccc(-c2ccc(F)cc2)cc1NC=O. The van der Waals surface area contributed by atoms with Gasteiger partial charge in [0.1, 0.15) is 5.82 Å². The van der Waals surface area contributed by atoms with Gasteiger partial charge in [0.25, 0.3) is 0 Å². The van der Waals surface area contributed by atoms with Crippen LogP contribution in [0.25, 0.3) is 11.1 Å². The molecular formula is C20H19FN2OS. The fourth-order valence-corrected chi connectivity index (χ4v) is 2.26. The summed E-state index contributed by atoms with van der Waals surface area (Å²) in [6, 6.07) is 19.4. The van der Waals surface area contributed by atoms with E-state index in [2.05, 4.69) is 24.9 Å². The molecule has 0 atom stereocenters. The minimum atomic E-state index is -0.282. The van der Waals surface area contributed by atoms with Crippen LogP contribution in [-0.4, -0.2) is 6.41 Å². The highest BCUT2D eigenvalue weighted by molar-refractivity contribution is 7.80. The molecule has 128 valence electrons. The van der Waals surface area contributed by atoms with Crippen molar-refractivity contribution >= 4 is 30.4 Å². The van der Waals surface area contributed by atoms with E-state index in [1.165, 1.54) is 17.7 Å². The quantitative estimate of drug-likeness (QED) is 0.355. The number of carbonyl (C=O) groups excluding carboxylic acids is 1. The number of anilines is 2. The summed E-state index contributed by atoms with van der Waals surface area (Å²) in [5, 5.41) is 2.52.